The molecule has 0 saturated heterocycles. The monoisotopic (exact) mass is 387 g/mol. The molecule has 3 aromatic rings. The van der Waals surface area contributed by atoms with E-state index in [1.54, 1.807) is 19.3 Å². The molecular formula is C20H29N5O3. The molecule has 1 amide bonds. The van der Waals surface area contributed by atoms with Crippen molar-refractivity contribution in [1.82, 2.24) is 24.4 Å². The number of rotatable bonds is 9. The van der Waals surface area contributed by atoms with Gasteiger partial charge in [-0.1, -0.05) is 20.8 Å². The molecule has 0 saturated carbocycles. The van der Waals surface area contributed by atoms with Crippen LogP contribution in [0.2, 0.25) is 0 Å². The molecular weight excluding hydrogens is 358 g/mol. The van der Waals surface area contributed by atoms with Crippen molar-refractivity contribution in [3.63, 3.8) is 0 Å². The first-order chi connectivity index (χ1) is 13.5. The van der Waals surface area contributed by atoms with E-state index in [9.17, 15) is 9.59 Å². The lowest BCUT2D eigenvalue weighted by Crippen LogP contribution is -2.39. The Labute approximate surface area is 164 Å². The molecule has 8 heteroatoms. The predicted octanol–water partition coefficient (Wildman–Crippen LogP) is 2.21. The third kappa shape index (κ3) is 3.69. The van der Waals surface area contributed by atoms with Gasteiger partial charge >= 0.3 is 0 Å². The van der Waals surface area contributed by atoms with Crippen molar-refractivity contribution in [3.05, 3.63) is 34.6 Å². The standard InChI is InChI=1S/C20H29N5O3/c1-5-18-22-25(14(4)19(26)21-10-8-11-23(6-2)7-3)20(27)16-13-17-15(24(16)18)9-12-28-17/h9,12-14H,5-8,10-11H2,1-4H3,(H,21,26). The van der Waals surface area contributed by atoms with Crippen molar-refractivity contribution in [2.75, 3.05) is 26.2 Å². The minimum Gasteiger partial charge on any atom is -0.463 e. The fourth-order valence-corrected chi connectivity index (χ4v) is 3.50. The number of fused-ring (bicyclic) bond motifs is 3. The summed E-state index contributed by atoms with van der Waals surface area (Å²) in [6, 6.07) is 2.85. The molecule has 1 unspecified atom stereocenters. The molecule has 0 spiro atoms. The van der Waals surface area contributed by atoms with E-state index in [-0.39, 0.29) is 11.5 Å². The molecule has 0 fully saturated rings. The van der Waals surface area contributed by atoms with Gasteiger partial charge in [0.05, 0.1) is 11.8 Å². The Morgan fingerprint density at radius 2 is 2.04 bits per heavy atom. The number of hydrogen-bond acceptors (Lipinski definition) is 5. The van der Waals surface area contributed by atoms with E-state index in [0.29, 0.717) is 29.9 Å². The highest BCUT2D eigenvalue weighted by Crippen LogP contribution is 2.21. The van der Waals surface area contributed by atoms with Gasteiger partial charge in [0.25, 0.3) is 5.56 Å². The maximum absolute atomic E-state index is 13.0. The fourth-order valence-electron chi connectivity index (χ4n) is 3.50. The van der Waals surface area contributed by atoms with Crippen molar-refractivity contribution < 1.29 is 9.21 Å². The van der Waals surface area contributed by atoms with E-state index in [4.69, 9.17) is 4.42 Å². The van der Waals surface area contributed by atoms with Gasteiger partial charge in [0.1, 0.15) is 17.4 Å². The zero-order chi connectivity index (χ0) is 20.3. The second-order valence-electron chi connectivity index (χ2n) is 6.90. The smallest absolute Gasteiger partial charge is 0.291 e. The van der Waals surface area contributed by atoms with E-state index in [1.807, 2.05) is 17.4 Å². The van der Waals surface area contributed by atoms with Crippen molar-refractivity contribution >= 4 is 22.5 Å². The molecule has 3 aromatic heterocycles. The summed E-state index contributed by atoms with van der Waals surface area (Å²) < 4.78 is 8.52. The van der Waals surface area contributed by atoms with Crippen LogP contribution in [0.1, 0.15) is 46.0 Å². The maximum Gasteiger partial charge on any atom is 0.291 e. The Bertz CT molecular complexity index is 1010. The molecule has 3 rings (SSSR count). The molecule has 8 nitrogen and oxygen atoms in total. The van der Waals surface area contributed by atoms with Crippen LogP contribution in [-0.4, -0.2) is 51.2 Å². The van der Waals surface area contributed by atoms with Crippen molar-refractivity contribution in [1.29, 1.82) is 0 Å². The summed E-state index contributed by atoms with van der Waals surface area (Å²) in [6.45, 7) is 11.5. The quantitative estimate of drug-likeness (QED) is 0.569. The molecule has 0 radical (unpaired) electrons. The fraction of sp³-hybridized carbons (Fsp3) is 0.550. The highest BCUT2D eigenvalue weighted by atomic mass is 16.3. The van der Waals surface area contributed by atoms with Crippen LogP contribution in [0.25, 0.3) is 16.6 Å². The van der Waals surface area contributed by atoms with Gasteiger partial charge in [-0.25, -0.2) is 4.68 Å². The van der Waals surface area contributed by atoms with Crippen molar-refractivity contribution in [2.24, 2.45) is 0 Å². The van der Waals surface area contributed by atoms with E-state index < -0.39 is 6.04 Å². The molecule has 152 valence electrons. The Morgan fingerprint density at radius 1 is 1.29 bits per heavy atom. The van der Waals surface area contributed by atoms with Gasteiger partial charge < -0.3 is 14.6 Å². The number of carbonyl (C=O) groups is 1. The number of aromatic nitrogens is 3. The number of nitrogens with one attached hydrogen (secondary N) is 1. The second kappa shape index (κ2) is 8.60. The number of amides is 1. The van der Waals surface area contributed by atoms with Crippen LogP contribution >= 0.6 is 0 Å². The Balaban J connectivity index is 1.79. The van der Waals surface area contributed by atoms with Crippen LogP contribution in [0, 0.1) is 0 Å². The summed E-state index contributed by atoms with van der Waals surface area (Å²) in [6.07, 6.45) is 3.09. The van der Waals surface area contributed by atoms with E-state index in [2.05, 4.69) is 29.2 Å². The third-order valence-corrected chi connectivity index (χ3v) is 5.24. The van der Waals surface area contributed by atoms with Gasteiger partial charge in [-0.2, -0.15) is 5.10 Å². The minimum absolute atomic E-state index is 0.198. The summed E-state index contributed by atoms with van der Waals surface area (Å²) in [5.74, 6) is 0.517. The van der Waals surface area contributed by atoms with Gasteiger partial charge in [-0.15, -0.1) is 0 Å². The van der Waals surface area contributed by atoms with Crippen LogP contribution in [-0.2, 0) is 11.2 Å². The molecule has 0 aliphatic heterocycles. The minimum atomic E-state index is -0.683. The lowest BCUT2D eigenvalue weighted by atomic mass is 10.3. The molecule has 1 atom stereocenters. The van der Waals surface area contributed by atoms with Crippen LogP contribution < -0.4 is 10.9 Å². The number of nitrogens with zero attached hydrogens (tertiary/aromatic N) is 4. The first kappa shape index (κ1) is 20.1. The average Bonchev–Trinajstić information content (AvgIpc) is 3.30. The zero-order valence-corrected chi connectivity index (χ0v) is 17.1. The first-order valence-corrected chi connectivity index (χ1v) is 10.0. The van der Waals surface area contributed by atoms with Crippen LogP contribution in [0.4, 0.5) is 0 Å². The molecule has 0 bridgehead atoms. The van der Waals surface area contributed by atoms with E-state index >= 15 is 0 Å². The molecule has 1 N–H and O–H groups in total. The van der Waals surface area contributed by atoms with Crippen molar-refractivity contribution in [2.45, 2.75) is 46.6 Å². The first-order valence-electron chi connectivity index (χ1n) is 10.0. The van der Waals surface area contributed by atoms with Gasteiger partial charge in [-0.05, 0) is 33.0 Å². The lowest BCUT2D eigenvalue weighted by molar-refractivity contribution is -0.124. The molecule has 0 aliphatic rings. The van der Waals surface area contributed by atoms with E-state index in [0.717, 1.165) is 31.6 Å². The topological polar surface area (TPSA) is 84.8 Å². The number of furan rings is 1. The summed E-state index contributed by atoms with van der Waals surface area (Å²) in [4.78, 5) is 27.9. The number of hydrogen-bond donors (Lipinski definition) is 1. The summed E-state index contributed by atoms with van der Waals surface area (Å²) in [5.41, 5.74) is 1.63. The Hall–Kier alpha value is -2.61. The SMILES string of the molecule is CCc1nn(C(C)C(=O)NCCCN(CC)CC)c(=O)c2cc3occc3n12. The summed E-state index contributed by atoms with van der Waals surface area (Å²) >= 11 is 0. The molecule has 0 aliphatic carbocycles. The lowest BCUT2D eigenvalue weighted by Gasteiger charge is -2.19. The average molecular weight is 387 g/mol. The van der Waals surface area contributed by atoms with Gasteiger partial charge in [0.15, 0.2) is 5.58 Å². The summed E-state index contributed by atoms with van der Waals surface area (Å²) in [7, 11) is 0. The second-order valence-corrected chi connectivity index (χ2v) is 6.90. The number of aryl methyl sites for hydroxylation is 1. The van der Waals surface area contributed by atoms with E-state index in [1.165, 1.54) is 4.68 Å². The van der Waals surface area contributed by atoms with Gasteiger partial charge in [0, 0.05) is 25.1 Å². The molecule has 3 heterocycles. The van der Waals surface area contributed by atoms with Gasteiger partial charge in [-0.3, -0.25) is 14.0 Å². The van der Waals surface area contributed by atoms with Crippen LogP contribution in [0.15, 0.2) is 27.6 Å². The normalized spacial score (nSPS) is 12.9. The highest BCUT2D eigenvalue weighted by Gasteiger charge is 2.21. The Kier molecular flexibility index (Phi) is 6.18. The summed E-state index contributed by atoms with van der Waals surface area (Å²) in [5, 5.41) is 7.41. The Morgan fingerprint density at radius 3 is 2.71 bits per heavy atom. The molecule has 0 aromatic carbocycles. The van der Waals surface area contributed by atoms with Gasteiger partial charge in [0.2, 0.25) is 5.91 Å². The largest absolute Gasteiger partial charge is 0.463 e. The van der Waals surface area contributed by atoms with Crippen LogP contribution in [0.5, 0.6) is 0 Å². The zero-order valence-electron chi connectivity index (χ0n) is 17.1. The number of carbonyl (C=O) groups excluding carboxylic acids is 1. The van der Waals surface area contributed by atoms with Crippen molar-refractivity contribution in [3.8, 4) is 0 Å². The third-order valence-electron chi connectivity index (χ3n) is 5.24. The highest BCUT2D eigenvalue weighted by molar-refractivity contribution is 5.83. The predicted molar refractivity (Wildman–Crippen MR) is 109 cm³/mol. The molecule has 28 heavy (non-hydrogen) atoms. The van der Waals surface area contributed by atoms with Crippen LogP contribution in [0.3, 0.4) is 0 Å². The maximum atomic E-state index is 13.0.